The van der Waals surface area contributed by atoms with Crippen molar-refractivity contribution in [1.82, 2.24) is 4.98 Å². The predicted octanol–water partition coefficient (Wildman–Crippen LogP) is 4.37. The smallest absolute Gasteiger partial charge is 0.256 e. The third kappa shape index (κ3) is 3.55. The fraction of sp³-hybridized carbons (Fsp3) is 0.143. The molecule has 3 nitrogen and oxygen atoms in total. The molecule has 2 rings (SSSR count). The largest absolute Gasteiger partial charge is 0.307 e. The summed E-state index contributed by atoms with van der Waals surface area (Å²) in [4.78, 5) is 16.4. The minimum atomic E-state index is -0.213. The molecule has 1 heterocycles. The molecule has 0 aliphatic carbocycles. The predicted molar refractivity (Wildman–Crippen MR) is 80.8 cm³/mol. The number of carbonyl (C=O) groups is 1. The van der Waals surface area contributed by atoms with Gasteiger partial charge < -0.3 is 5.32 Å². The summed E-state index contributed by atoms with van der Waals surface area (Å²) in [7, 11) is 0. The van der Waals surface area contributed by atoms with E-state index in [1.165, 1.54) is 0 Å². The zero-order valence-electron chi connectivity index (χ0n) is 10.5. The number of hydrogen-bond acceptors (Lipinski definition) is 2. The first kappa shape index (κ1) is 14.0. The van der Waals surface area contributed by atoms with Gasteiger partial charge in [-0.2, -0.15) is 0 Å². The summed E-state index contributed by atoms with van der Waals surface area (Å²) in [6.07, 6.45) is 0. The second-order valence-electron chi connectivity index (χ2n) is 4.25. The number of aryl methyl sites for hydroxylation is 2. The molecule has 0 saturated carbocycles. The summed E-state index contributed by atoms with van der Waals surface area (Å²) in [5.41, 5.74) is 2.45. The first-order chi connectivity index (χ1) is 8.95. The van der Waals surface area contributed by atoms with Crippen molar-refractivity contribution in [1.29, 1.82) is 0 Å². The average Bonchev–Trinajstić information content (AvgIpc) is 2.31. The van der Waals surface area contributed by atoms with E-state index in [0.29, 0.717) is 20.9 Å². The molecule has 0 radical (unpaired) electrons. The number of nitrogens with one attached hydrogen (secondary N) is 1. The van der Waals surface area contributed by atoms with Crippen molar-refractivity contribution >= 4 is 39.3 Å². The highest BCUT2D eigenvalue weighted by molar-refractivity contribution is 9.10. The number of rotatable bonds is 2. The Morgan fingerprint density at radius 3 is 2.63 bits per heavy atom. The van der Waals surface area contributed by atoms with E-state index in [4.69, 9.17) is 11.6 Å². The Bertz CT molecular complexity index is 623. The SMILES string of the molecule is Cc1cc(C)nc(NC(=O)c2ccc(Cl)c(Br)c2)c1. The molecular formula is C14H12BrClN2O. The van der Waals surface area contributed by atoms with Gasteiger partial charge in [-0.1, -0.05) is 11.6 Å². The number of halogens is 2. The van der Waals surface area contributed by atoms with Crippen LogP contribution in [0.2, 0.25) is 5.02 Å². The maximum atomic E-state index is 12.1. The minimum absolute atomic E-state index is 0.213. The fourth-order valence-corrected chi connectivity index (χ4v) is 2.23. The maximum Gasteiger partial charge on any atom is 0.256 e. The Balaban J connectivity index is 2.22. The Labute approximate surface area is 125 Å². The summed E-state index contributed by atoms with van der Waals surface area (Å²) < 4.78 is 0.690. The van der Waals surface area contributed by atoms with E-state index < -0.39 is 0 Å². The molecule has 1 aromatic heterocycles. The van der Waals surface area contributed by atoms with Crippen LogP contribution in [0.3, 0.4) is 0 Å². The van der Waals surface area contributed by atoms with Gasteiger partial charge in [0, 0.05) is 15.7 Å². The minimum Gasteiger partial charge on any atom is -0.307 e. The number of hydrogen-bond donors (Lipinski definition) is 1. The Morgan fingerprint density at radius 1 is 1.26 bits per heavy atom. The highest BCUT2D eigenvalue weighted by Crippen LogP contribution is 2.23. The van der Waals surface area contributed by atoms with Gasteiger partial charge in [-0.15, -0.1) is 0 Å². The van der Waals surface area contributed by atoms with Crippen molar-refractivity contribution in [3.05, 3.63) is 56.6 Å². The number of amides is 1. The molecular weight excluding hydrogens is 328 g/mol. The van der Waals surface area contributed by atoms with Gasteiger partial charge in [0.05, 0.1) is 5.02 Å². The molecule has 0 aliphatic rings. The van der Waals surface area contributed by atoms with Crippen molar-refractivity contribution in [3.8, 4) is 0 Å². The van der Waals surface area contributed by atoms with Crippen LogP contribution in [0, 0.1) is 13.8 Å². The Kier molecular flexibility index (Phi) is 4.22. The molecule has 5 heteroatoms. The van der Waals surface area contributed by atoms with Crippen molar-refractivity contribution < 1.29 is 4.79 Å². The molecule has 2 aromatic rings. The van der Waals surface area contributed by atoms with Gasteiger partial charge >= 0.3 is 0 Å². The van der Waals surface area contributed by atoms with Gasteiger partial charge in [0.15, 0.2) is 0 Å². The molecule has 1 amide bonds. The Hall–Kier alpha value is -1.39. The first-order valence-corrected chi connectivity index (χ1v) is 6.84. The number of anilines is 1. The van der Waals surface area contributed by atoms with Gasteiger partial charge in [0.25, 0.3) is 5.91 Å². The summed E-state index contributed by atoms with van der Waals surface area (Å²) in [5, 5.41) is 3.34. The lowest BCUT2D eigenvalue weighted by Crippen LogP contribution is -2.13. The zero-order valence-corrected chi connectivity index (χ0v) is 12.8. The fourth-order valence-electron chi connectivity index (χ4n) is 1.73. The molecule has 0 fully saturated rings. The summed E-state index contributed by atoms with van der Waals surface area (Å²) in [6.45, 7) is 3.85. The molecule has 0 saturated heterocycles. The van der Waals surface area contributed by atoms with Crippen LogP contribution < -0.4 is 5.32 Å². The van der Waals surface area contributed by atoms with Crippen LogP contribution in [0.4, 0.5) is 5.82 Å². The highest BCUT2D eigenvalue weighted by Gasteiger charge is 2.09. The van der Waals surface area contributed by atoms with Crippen LogP contribution in [-0.2, 0) is 0 Å². The van der Waals surface area contributed by atoms with Crippen LogP contribution >= 0.6 is 27.5 Å². The molecule has 0 spiro atoms. The van der Waals surface area contributed by atoms with Gasteiger partial charge in [-0.05, 0) is 65.7 Å². The van der Waals surface area contributed by atoms with Crippen LogP contribution in [-0.4, -0.2) is 10.9 Å². The van der Waals surface area contributed by atoms with Gasteiger partial charge in [-0.3, -0.25) is 4.79 Å². The molecule has 1 aromatic carbocycles. The van der Waals surface area contributed by atoms with Crippen molar-refractivity contribution in [3.63, 3.8) is 0 Å². The Morgan fingerprint density at radius 2 is 2.00 bits per heavy atom. The van der Waals surface area contributed by atoms with E-state index in [1.807, 2.05) is 26.0 Å². The summed E-state index contributed by atoms with van der Waals surface area (Å²) in [5.74, 6) is 0.337. The topological polar surface area (TPSA) is 42.0 Å². The van der Waals surface area contributed by atoms with Crippen molar-refractivity contribution in [2.75, 3.05) is 5.32 Å². The van der Waals surface area contributed by atoms with Crippen LogP contribution in [0.15, 0.2) is 34.8 Å². The monoisotopic (exact) mass is 338 g/mol. The molecule has 0 bridgehead atoms. The lowest BCUT2D eigenvalue weighted by Gasteiger charge is -2.07. The van der Waals surface area contributed by atoms with E-state index in [1.54, 1.807) is 18.2 Å². The average molecular weight is 340 g/mol. The number of benzene rings is 1. The molecule has 1 N–H and O–H groups in total. The lowest BCUT2D eigenvalue weighted by atomic mass is 10.2. The van der Waals surface area contributed by atoms with E-state index in [0.717, 1.165) is 11.3 Å². The van der Waals surface area contributed by atoms with E-state index in [9.17, 15) is 4.79 Å². The van der Waals surface area contributed by atoms with Crippen molar-refractivity contribution in [2.45, 2.75) is 13.8 Å². The third-order valence-electron chi connectivity index (χ3n) is 2.52. The number of aromatic nitrogens is 1. The maximum absolute atomic E-state index is 12.1. The third-order valence-corrected chi connectivity index (χ3v) is 3.74. The second kappa shape index (κ2) is 5.72. The number of pyridine rings is 1. The zero-order chi connectivity index (χ0) is 14.0. The van der Waals surface area contributed by atoms with E-state index in [-0.39, 0.29) is 5.91 Å². The number of carbonyl (C=O) groups excluding carboxylic acids is 1. The molecule has 98 valence electrons. The molecule has 0 atom stereocenters. The highest BCUT2D eigenvalue weighted by atomic mass is 79.9. The normalized spacial score (nSPS) is 10.3. The van der Waals surface area contributed by atoms with Crippen LogP contribution in [0.25, 0.3) is 0 Å². The summed E-state index contributed by atoms with van der Waals surface area (Å²) in [6, 6.07) is 8.81. The number of nitrogens with zero attached hydrogens (tertiary/aromatic N) is 1. The van der Waals surface area contributed by atoms with Crippen LogP contribution in [0.1, 0.15) is 21.6 Å². The van der Waals surface area contributed by atoms with Gasteiger partial charge in [0.2, 0.25) is 0 Å². The van der Waals surface area contributed by atoms with Crippen LogP contribution in [0.5, 0.6) is 0 Å². The summed E-state index contributed by atoms with van der Waals surface area (Å²) >= 11 is 9.19. The lowest BCUT2D eigenvalue weighted by molar-refractivity contribution is 0.102. The van der Waals surface area contributed by atoms with E-state index >= 15 is 0 Å². The molecule has 0 aliphatic heterocycles. The second-order valence-corrected chi connectivity index (χ2v) is 5.52. The van der Waals surface area contributed by atoms with E-state index in [2.05, 4.69) is 26.2 Å². The quantitative estimate of drug-likeness (QED) is 0.883. The van der Waals surface area contributed by atoms with Gasteiger partial charge in [0.1, 0.15) is 5.82 Å². The molecule has 0 unspecified atom stereocenters. The molecule has 19 heavy (non-hydrogen) atoms. The standard InChI is InChI=1S/C14H12BrClN2O/c1-8-5-9(2)17-13(6-8)18-14(19)10-3-4-12(16)11(15)7-10/h3-7H,1-2H3,(H,17,18,19). The first-order valence-electron chi connectivity index (χ1n) is 5.67. The van der Waals surface area contributed by atoms with Crippen molar-refractivity contribution in [2.24, 2.45) is 0 Å². The van der Waals surface area contributed by atoms with Gasteiger partial charge in [-0.25, -0.2) is 4.98 Å².